The number of nitrogens with zero attached hydrogens (tertiary/aromatic N) is 1. The van der Waals surface area contributed by atoms with Crippen LogP contribution in [0.5, 0.6) is 0 Å². The molecule has 0 amide bonds. The number of rotatable bonds is 8. The third kappa shape index (κ3) is 4.62. The number of nitrogens with one attached hydrogen (secondary N) is 1. The fourth-order valence-electron chi connectivity index (χ4n) is 3.56. The quantitative estimate of drug-likeness (QED) is 0.621. The minimum Gasteiger partial charge on any atom is -0.379 e. The van der Waals surface area contributed by atoms with E-state index in [-0.39, 0.29) is 6.04 Å². The molecule has 0 saturated carbocycles. The van der Waals surface area contributed by atoms with Gasteiger partial charge < -0.3 is 10.4 Å². The first kappa shape index (κ1) is 19.3. The van der Waals surface area contributed by atoms with Crippen LogP contribution in [0, 0.1) is 5.92 Å². The van der Waals surface area contributed by atoms with Crippen molar-refractivity contribution in [2.24, 2.45) is 5.92 Å². The van der Waals surface area contributed by atoms with Crippen molar-refractivity contribution in [2.45, 2.75) is 38.5 Å². The minimum absolute atomic E-state index is 0.149. The largest absolute Gasteiger partial charge is 0.379 e. The van der Waals surface area contributed by atoms with Crippen LogP contribution in [-0.4, -0.2) is 16.1 Å². The van der Waals surface area contributed by atoms with Crippen molar-refractivity contribution in [3.63, 3.8) is 0 Å². The molecule has 3 aromatic rings. The van der Waals surface area contributed by atoms with Crippen molar-refractivity contribution in [3.8, 4) is 0 Å². The van der Waals surface area contributed by atoms with Crippen LogP contribution in [0.15, 0.2) is 85.1 Å². The number of aromatic nitrogens is 1. The van der Waals surface area contributed by atoms with Gasteiger partial charge in [0.1, 0.15) is 5.60 Å². The monoisotopic (exact) mass is 360 g/mol. The maximum atomic E-state index is 12.1. The molecule has 3 rings (SSSR count). The van der Waals surface area contributed by atoms with Gasteiger partial charge >= 0.3 is 0 Å². The van der Waals surface area contributed by atoms with Gasteiger partial charge in [0.15, 0.2) is 0 Å². The third-order valence-corrected chi connectivity index (χ3v) is 4.89. The topological polar surface area (TPSA) is 45.2 Å². The second kappa shape index (κ2) is 8.94. The van der Waals surface area contributed by atoms with Crippen molar-refractivity contribution >= 4 is 0 Å². The van der Waals surface area contributed by atoms with E-state index in [2.05, 4.69) is 24.1 Å². The minimum atomic E-state index is -1.12. The molecule has 0 spiro atoms. The lowest BCUT2D eigenvalue weighted by atomic mass is 9.77. The molecule has 0 saturated heterocycles. The zero-order valence-corrected chi connectivity index (χ0v) is 16.0. The number of hydrogen-bond donors (Lipinski definition) is 2. The van der Waals surface area contributed by atoms with Crippen molar-refractivity contribution in [1.29, 1.82) is 0 Å². The molecular weight excluding hydrogens is 332 g/mol. The Balaban J connectivity index is 1.99. The molecule has 0 aliphatic heterocycles. The van der Waals surface area contributed by atoms with Gasteiger partial charge in [0.05, 0.1) is 5.69 Å². The summed E-state index contributed by atoms with van der Waals surface area (Å²) in [7, 11) is 0. The predicted octanol–water partition coefficient (Wildman–Crippen LogP) is 4.52. The molecule has 0 aliphatic carbocycles. The Bertz CT molecular complexity index is 764. The molecule has 27 heavy (non-hydrogen) atoms. The molecule has 140 valence electrons. The Morgan fingerprint density at radius 3 is 1.89 bits per heavy atom. The summed E-state index contributed by atoms with van der Waals surface area (Å²) in [4.78, 5) is 4.41. The van der Waals surface area contributed by atoms with Gasteiger partial charge in [-0.2, -0.15) is 0 Å². The van der Waals surface area contributed by atoms with Crippen LogP contribution in [0.25, 0.3) is 0 Å². The fraction of sp³-hybridized carbons (Fsp3) is 0.292. The Kier molecular flexibility index (Phi) is 6.38. The van der Waals surface area contributed by atoms with Crippen molar-refractivity contribution in [1.82, 2.24) is 10.3 Å². The van der Waals surface area contributed by atoms with E-state index in [0.29, 0.717) is 12.5 Å². The molecule has 1 unspecified atom stereocenters. The second-order valence-electron chi connectivity index (χ2n) is 7.38. The van der Waals surface area contributed by atoms with E-state index < -0.39 is 5.60 Å². The SMILES string of the molecule is CC(C)CC(NCc1ccccn1)C(O)(c1ccccc1)c1ccccc1. The molecule has 1 aromatic heterocycles. The maximum absolute atomic E-state index is 12.1. The summed E-state index contributed by atoms with van der Waals surface area (Å²) >= 11 is 0. The Morgan fingerprint density at radius 2 is 1.41 bits per heavy atom. The van der Waals surface area contributed by atoms with Crippen molar-refractivity contribution in [3.05, 3.63) is 102 Å². The highest BCUT2D eigenvalue weighted by atomic mass is 16.3. The third-order valence-electron chi connectivity index (χ3n) is 4.89. The number of benzene rings is 2. The van der Waals surface area contributed by atoms with E-state index in [1.165, 1.54) is 0 Å². The molecule has 1 atom stereocenters. The van der Waals surface area contributed by atoms with Gasteiger partial charge in [-0.3, -0.25) is 4.98 Å². The Labute approximate surface area is 162 Å². The normalized spacial score (nSPS) is 12.9. The van der Waals surface area contributed by atoms with Crippen LogP contribution in [0.2, 0.25) is 0 Å². The number of aliphatic hydroxyl groups is 1. The smallest absolute Gasteiger partial charge is 0.130 e. The standard InChI is InChI=1S/C24H28N2O/c1-19(2)17-23(26-18-22-15-9-10-16-25-22)24(27,20-11-5-3-6-12-20)21-13-7-4-8-14-21/h3-16,19,23,26-27H,17-18H2,1-2H3. The van der Waals surface area contributed by atoms with E-state index in [1.807, 2.05) is 78.9 Å². The Morgan fingerprint density at radius 1 is 0.852 bits per heavy atom. The first-order chi connectivity index (χ1) is 13.1. The van der Waals surface area contributed by atoms with Crippen LogP contribution >= 0.6 is 0 Å². The molecule has 0 bridgehead atoms. The molecule has 2 aromatic carbocycles. The average Bonchev–Trinajstić information content (AvgIpc) is 2.72. The first-order valence-electron chi connectivity index (χ1n) is 9.57. The summed E-state index contributed by atoms with van der Waals surface area (Å²) in [5.41, 5.74) is 1.64. The van der Waals surface area contributed by atoms with E-state index in [9.17, 15) is 5.11 Å². The molecule has 0 fully saturated rings. The average molecular weight is 361 g/mol. The second-order valence-corrected chi connectivity index (χ2v) is 7.38. The van der Waals surface area contributed by atoms with Crippen molar-refractivity contribution in [2.75, 3.05) is 0 Å². The zero-order chi connectivity index (χ0) is 19.1. The molecule has 3 nitrogen and oxygen atoms in total. The molecular formula is C24H28N2O. The van der Waals surface area contributed by atoms with Gasteiger partial charge in [-0.05, 0) is 35.6 Å². The van der Waals surface area contributed by atoms with Gasteiger partial charge in [-0.25, -0.2) is 0 Å². The molecule has 0 radical (unpaired) electrons. The van der Waals surface area contributed by atoms with Gasteiger partial charge in [-0.1, -0.05) is 80.6 Å². The summed E-state index contributed by atoms with van der Waals surface area (Å²) in [5.74, 6) is 0.435. The highest BCUT2D eigenvalue weighted by molar-refractivity contribution is 5.38. The zero-order valence-electron chi connectivity index (χ0n) is 16.0. The van der Waals surface area contributed by atoms with Crippen LogP contribution in [0.4, 0.5) is 0 Å². The summed E-state index contributed by atoms with van der Waals surface area (Å²) in [6.45, 7) is 4.98. The van der Waals surface area contributed by atoms with Crippen LogP contribution < -0.4 is 5.32 Å². The summed E-state index contributed by atoms with van der Waals surface area (Å²) in [5, 5.41) is 15.7. The van der Waals surface area contributed by atoms with Crippen molar-refractivity contribution < 1.29 is 5.11 Å². The fourth-order valence-corrected chi connectivity index (χ4v) is 3.56. The van der Waals surface area contributed by atoms with Gasteiger partial charge in [0.2, 0.25) is 0 Å². The van der Waals surface area contributed by atoms with E-state index in [0.717, 1.165) is 23.2 Å². The summed E-state index contributed by atoms with van der Waals surface area (Å²) in [6, 6.07) is 25.7. The highest BCUT2D eigenvalue weighted by Gasteiger charge is 2.40. The van der Waals surface area contributed by atoms with Crippen LogP contribution in [0.3, 0.4) is 0 Å². The lowest BCUT2D eigenvalue weighted by Gasteiger charge is -2.39. The van der Waals surface area contributed by atoms with Gasteiger partial charge in [-0.15, -0.1) is 0 Å². The molecule has 1 heterocycles. The first-order valence-corrected chi connectivity index (χ1v) is 9.57. The van der Waals surface area contributed by atoms with E-state index in [1.54, 1.807) is 6.20 Å². The van der Waals surface area contributed by atoms with Gasteiger partial charge in [0.25, 0.3) is 0 Å². The van der Waals surface area contributed by atoms with E-state index in [4.69, 9.17) is 0 Å². The molecule has 3 heteroatoms. The summed E-state index contributed by atoms with van der Waals surface area (Å²) < 4.78 is 0. The number of hydrogen-bond acceptors (Lipinski definition) is 3. The number of pyridine rings is 1. The maximum Gasteiger partial charge on any atom is 0.130 e. The lowest BCUT2D eigenvalue weighted by Crippen LogP contribution is -2.50. The predicted molar refractivity (Wildman–Crippen MR) is 110 cm³/mol. The Hall–Kier alpha value is -2.49. The molecule has 0 aliphatic rings. The van der Waals surface area contributed by atoms with Gasteiger partial charge in [0, 0.05) is 18.8 Å². The summed E-state index contributed by atoms with van der Waals surface area (Å²) in [6.07, 6.45) is 2.64. The lowest BCUT2D eigenvalue weighted by molar-refractivity contribution is 0.0280. The van der Waals surface area contributed by atoms with Crippen LogP contribution in [0.1, 0.15) is 37.1 Å². The van der Waals surface area contributed by atoms with Crippen LogP contribution in [-0.2, 0) is 12.1 Å². The van der Waals surface area contributed by atoms with E-state index >= 15 is 0 Å². The molecule has 2 N–H and O–H groups in total. The highest BCUT2D eigenvalue weighted by Crippen LogP contribution is 2.35.